The molecule has 3 aliphatic carbocycles. The minimum atomic E-state index is -0.857. The summed E-state index contributed by atoms with van der Waals surface area (Å²) in [5.74, 6) is -1.31. The maximum atomic E-state index is 12.8. The van der Waals surface area contributed by atoms with E-state index in [-0.39, 0.29) is 23.2 Å². The fraction of sp³-hybridized carbons (Fsp3) is 0.474. The Morgan fingerprint density at radius 2 is 1.79 bits per heavy atom. The maximum absolute atomic E-state index is 12.8. The lowest BCUT2D eigenvalue weighted by Gasteiger charge is -2.23. The maximum Gasteiger partial charge on any atom is 0.307 e. The molecule has 4 atom stereocenters. The summed E-state index contributed by atoms with van der Waals surface area (Å²) >= 11 is 0. The van der Waals surface area contributed by atoms with Crippen LogP contribution in [0.5, 0.6) is 5.75 Å². The Labute approximate surface area is 140 Å². The molecule has 24 heavy (non-hydrogen) atoms. The van der Waals surface area contributed by atoms with Crippen molar-refractivity contribution in [3.8, 4) is 5.75 Å². The first-order chi connectivity index (χ1) is 11.6. The van der Waals surface area contributed by atoms with Gasteiger partial charge in [-0.25, -0.2) is 0 Å². The van der Waals surface area contributed by atoms with Gasteiger partial charge in [-0.05, 0) is 61.3 Å². The second-order valence-corrected chi connectivity index (χ2v) is 7.01. The van der Waals surface area contributed by atoms with Crippen LogP contribution in [0.1, 0.15) is 19.8 Å². The molecule has 0 radical (unpaired) electrons. The third kappa shape index (κ3) is 2.14. The molecule has 0 aliphatic heterocycles. The first-order valence-corrected chi connectivity index (χ1v) is 8.51. The topological polar surface area (TPSA) is 75.6 Å². The fourth-order valence-electron chi connectivity index (χ4n) is 4.72. The van der Waals surface area contributed by atoms with E-state index in [4.69, 9.17) is 4.74 Å². The second kappa shape index (κ2) is 5.36. The van der Waals surface area contributed by atoms with Crippen molar-refractivity contribution in [1.29, 1.82) is 0 Å². The van der Waals surface area contributed by atoms with Crippen LogP contribution in [-0.2, 0) is 9.59 Å². The van der Waals surface area contributed by atoms with Gasteiger partial charge in [-0.3, -0.25) is 9.59 Å². The van der Waals surface area contributed by atoms with Gasteiger partial charge in [0.15, 0.2) is 0 Å². The molecule has 126 valence electrons. The van der Waals surface area contributed by atoms with Crippen LogP contribution in [0.25, 0.3) is 0 Å². The molecule has 1 aromatic carbocycles. The number of allylic oxidation sites excluding steroid dienone is 2. The molecule has 1 aromatic rings. The number of carboxylic acids is 1. The van der Waals surface area contributed by atoms with Gasteiger partial charge < -0.3 is 15.2 Å². The summed E-state index contributed by atoms with van der Waals surface area (Å²) in [6.07, 6.45) is 6.16. The summed E-state index contributed by atoms with van der Waals surface area (Å²) in [6.45, 7) is 2.50. The predicted octanol–water partition coefficient (Wildman–Crippen LogP) is 2.94. The zero-order chi connectivity index (χ0) is 16.9. The van der Waals surface area contributed by atoms with Crippen LogP contribution in [0.2, 0.25) is 0 Å². The number of carbonyl (C=O) groups excluding carboxylic acids is 1. The molecule has 0 unspecified atom stereocenters. The van der Waals surface area contributed by atoms with E-state index in [2.05, 4.69) is 11.4 Å². The monoisotopic (exact) mass is 327 g/mol. The number of anilines is 1. The highest BCUT2D eigenvalue weighted by atomic mass is 16.5. The standard InChI is InChI=1S/C19H21NO4/c1-2-24-12-5-3-11(4-6-12)20-17(21)15-13-7-8-14(16(15)18(22)23)19(13)9-10-19/h3-8,13-16H,2,9-10H2,1H3,(H,20,21)(H,22,23)/t13-,14+,15+,16+/m1/s1. The molecular formula is C19H21NO4. The number of amides is 1. The predicted molar refractivity (Wildman–Crippen MR) is 88.6 cm³/mol. The lowest BCUT2D eigenvalue weighted by atomic mass is 9.82. The molecule has 2 bridgehead atoms. The Hall–Kier alpha value is -2.30. The van der Waals surface area contributed by atoms with Gasteiger partial charge in [0, 0.05) is 5.69 Å². The molecule has 1 amide bonds. The lowest BCUT2D eigenvalue weighted by Crippen LogP contribution is -2.36. The van der Waals surface area contributed by atoms with Crippen LogP contribution in [-0.4, -0.2) is 23.6 Å². The molecule has 4 rings (SSSR count). The summed E-state index contributed by atoms with van der Waals surface area (Å²) in [5.41, 5.74) is 0.716. The second-order valence-electron chi connectivity index (χ2n) is 7.01. The minimum absolute atomic E-state index is 0.0103. The highest BCUT2D eigenvalue weighted by Crippen LogP contribution is 2.72. The summed E-state index contributed by atoms with van der Waals surface area (Å²) in [5, 5.41) is 12.5. The first kappa shape index (κ1) is 15.2. The highest BCUT2D eigenvalue weighted by molar-refractivity contribution is 5.96. The normalized spacial score (nSPS) is 31.2. The first-order valence-electron chi connectivity index (χ1n) is 8.51. The number of rotatable bonds is 5. The Balaban J connectivity index is 1.53. The third-order valence-corrected chi connectivity index (χ3v) is 5.86. The molecule has 2 saturated carbocycles. The lowest BCUT2D eigenvalue weighted by molar-refractivity contribution is -0.146. The van der Waals surface area contributed by atoms with E-state index >= 15 is 0 Å². The zero-order valence-electron chi connectivity index (χ0n) is 13.6. The van der Waals surface area contributed by atoms with Crippen LogP contribution in [0, 0.1) is 29.1 Å². The van der Waals surface area contributed by atoms with Crippen molar-refractivity contribution in [2.24, 2.45) is 29.1 Å². The van der Waals surface area contributed by atoms with Crippen molar-refractivity contribution in [2.45, 2.75) is 19.8 Å². The SMILES string of the molecule is CCOc1ccc(NC(=O)[C@@H]2[C@@H](C(=O)O)[C@@H]3C=C[C@H]2C32CC2)cc1. The number of hydrogen-bond acceptors (Lipinski definition) is 3. The van der Waals surface area contributed by atoms with Crippen LogP contribution in [0.4, 0.5) is 5.69 Å². The van der Waals surface area contributed by atoms with Gasteiger partial charge in [-0.15, -0.1) is 0 Å². The van der Waals surface area contributed by atoms with Gasteiger partial charge >= 0.3 is 5.97 Å². The van der Waals surface area contributed by atoms with E-state index in [9.17, 15) is 14.7 Å². The van der Waals surface area contributed by atoms with E-state index < -0.39 is 17.8 Å². The number of carbonyl (C=O) groups is 2. The van der Waals surface area contributed by atoms with Crippen molar-refractivity contribution in [3.63, 3.8) is 0 Å². The van der Waals surface area contributed by atoms with Crippen molar-refractivity contribution in [1.82, 2.24) is 0 Å². The molecule has 1 spiro atoms. The van der Waals surface area contributed by atoms with Crippen LogP contribution < -0.4 is 10.1 Å². The van der Waals surface area contributed by atoms with Crippen molar-refractivity contribution < 1.29 is 19.4 Å². The average molecular weight is 327 g/mol. The number of aliphatic carboxylic acids is 1. The highest BCUT2D eigenvalue weighted by Gasteiger charge is 2.70. The molecule has 3 aliphatic rings. The van der Waals surface area contributed by atoms with E-state index in [1.807, 2.05) is 13.0 Å². The zero-order valence-corrected chi connectivity index (χ0v) is 13.6. The molecule has 2 fully saturated rings. The third-order valence-electron chi connectivity index (χ3n) is 5.86. The Kier molecular flexibility index (Phi) is 3.41. The minimum Gasteiger partial charge on any atom is -0.494 e. The van der Waals surface area contributed by atoms with Crippen molar-refractivity contribution >= 4 is 17.6 Å². The number of benzene rings is 1. The van der Waals surface area contributed by atoms with Crippen molar-refractivity contribution in [3.05, 3.63) is 36.4 Å². The number of hydrogen-bond donors (Lipinski definition) is 2. The Morgan fingerprint density at radius 3 is 2.33 bits per heavy atom. The fourth-order valence-corrected chi connectivity index (χ4v) is 4.72. The Morgan fingerprint density at radius 1 is 1.17 bits per heavy atom. The van der Waals surface area contributed by atoms with Gasteiger partial charge in [0.05, 0.1) is 18.4 Å². The molecule has 0 saturated heterocycles. The smallest absolute Gasteiger partial charge is 0.307 e. The molecule has 0 heterocycles. The van der Waals surface area contributed by atoms with Gasteiger partial charge in [0.25, 0.3) is 0 Å². The summed E-state index contributed by atoms with van der Waals surface area (Å²) in [4.78, 5) is 24.6. The van der Waals surface area contributed by atoms with E-state index in [1.54, 1.807) is 24.3 Å². The van der Waals surface area contributed by atoms with Gasteiger partial charge in [0.2, 0.25) is 5.91 Å². The van der Waals surface area contributed by atoms with Gasteiger partial charge in [-0.1, -0.05) is 12.2 Å². The van der Waals surface area contributed by atoms with Gasteiger partial charge in [-0.2, -0.15) is 0 Å². The molecule has 5 nitrogen and oxygen atoms in total. The molecule has 2 N–H and O–H groups in total. The summed E-state index contributed by atoms with van der Waals surface area (Å²) in [7, 11) is 0. The summed E-state index contributed by atoms with van der Waals surface area (Å²) in [6, 6.07) is 7.18. The number of ether oxygens (including phenoxy) is 1. The van der Waals surface area contributed by atoms with Gasteiger partial charge in [0.1, 0.15) is 5.75 Å². The van der Waals surface area contributed by atoms with Crippen LogP contribution in [0.3, 0.4) is 0 Å². The van der Waals surface area contributed by atoms with Crippen LogP contribution in [0.15, 0.2) is 36.4 Å². The average Bonchev–Trinajstić information content (AvgIpc) is 3.22. The molecular weight excluding hydrogens is 306 g/mol. The van der Waals surface area contributed by atoms with E-state index in [0.717, 1.165) is 18.6 Å². The Bertz CT molecular complexity index is 705. The quantitative estimate of drug-likeness (QED) is 0.815. The number of nitrogens with one attached hydrogen (secondary N) is 1. The molecule has 0 aromatic heterocycles. The van der Waals surface area contributed by atoms with E-state index in [1.165, 1.54) is 0 Å². The van der Waals surface area contributed by atoms with E-state index in [0.29, 0.717) is 12.3 Å². The largest absolute Gasteiger partial charge is 0.494 e. The molecule has 5 heteroatoms. The number of carboxylic acid groups (broad SMARTS) is 1. The summed E-state index contributed by atoms with van der Waals surface area (Å²) < 4.78 is 5.39. The van der Waals surface area contributed by atoms with Crippen molar-refractivity contribution in [2.75, 3.05) is 11.9 Å². The van der Waals surface area contributed by atoms with Crippen LogP contribution >= 0.6 is 0 Å².